The van der Waals surface area contributed by atoms with Gasteiger partial charge in [0.15, 0.2) is 0 Å². The van der Waals surface area contributed by atoms with E-state index in [0.717, 1.165) is 32.1 Å². The Balaban J connectivity index is 1.57. The molecule has 4 rings (SSSR count). The van der Waals surface area contributed by atoms with E-state index >= 15 is 0 Å². The van der Waals surface area contributed by atoms with E-state index in [1.165, 1.54) is 12.0 Å². The van der Waals surface area contributed by atoms with Crippen LogP contribution >= 0.6 is 0 Å². The number of carboxylic acid groups (broad SMARTS) is 1. The van der Waals surface area contributed by atoms with Crippen molar-refractivity contribution in [2.24, 2.45) is 33.7 Å². The molecule has 3 fully saturated rings. The molecule has 5 heteroatoms. The maximum atomic E-state index is 11.0. The standard InChI is InChI=1S/C22H31NO4/c1-20-9-6-15(23-27-13-19(24)25)12-14(20)4-5-16-17(20)7-10-21(2)18(16)8-11-22(21,3)26/h6,9,12,16-18,26H,4-5,7-8,10-11,13H2,1-3H3,(H,24,25)/b23-15+/t16-,17-,18-,20-,21-,22-/m0/s1. The Hall–Kier alpha value is -1.62. The monoisotopic (exact) mass is 373 g/mol. The predicted molar refractivity (Wildman–Crippen MR) is 103 cm³/mol. The van der Waals surface area contributed by atoms with Crippen LogP contribution in [-0.4, -0.2) is 34.1 Å². The van der Waals surface area contributed by atoms with Crippen LogP contribution in [0.1, 0.15) is 59.3 Å². The van der Waals surface area contributed by atoms with Crippen molar-refractivity contribution in [1.29, 1.82) is 0 Å². The van der Waals surface area contributed by atoms with Crippen molar-refractivity contribution in [2.45, 2.75) is 64.9 Å². The lowest BCUT2D eigenvalue weighted by Gasteiger charge is -2.58. The third-order valence-electron chi connectivity index (χ3n) is 8.49. The molecule has 0 aromatic heterocycles. The number of rotatable bonds is 3. The van der Waals surface area contributed by atoms with Crippen LogP contribution in [-0.2, 0) is 9.63 Å². The molecule has 5 nitrogen and oxygen atoms in total. The van der Waals surface area contributed by atoms with E-state index in [0.29, 0.717) is 23.5 Å². The number of hydrogen-bond donors (Lipinski definition) is 2. The SMILES string of the molecule is C[C@]12C=C/C(=N\OCC(=O)O)C=C1CC[C@H]1[C@@H]2CC[C@@]2(C)[C@H]1CC[C@]2(C)O. The zero-order valence-electron chi connectivity index (χ0n) is 16.6. The number of aliphatic hydroxyl groups is 1. The summed E-state index contributed by atoms with van der Waals surface area (Å²) in [5, 5.41) is 23.7. The first-order chi connectivity index (χ1) is 12.7. The smallest absolute Gasteiger partial charge is 0.344 e. The minimum absolute atomic E-state index is 0.0323. The average molecular weight is 373 g/mol. The van der Waals surface area contributed by atoms with E-state index in [1.54, 1.807) is 0 Å². The summed E-state index contributed by atoms with van der Waals surface area (Å²) in [5.74, 6) is 0.843. The third-order valence-corrected chi connectivity index (χ3v) is 8.49. The van der Waals surface area contributed by atoms with Gasteiger partial charge in [0.2, 0.25) is 6.61 Å². The molecule has 148 valence electrons. The van der Waals surface area contributed by atoms with Crippen LogP contribution in [0.25, 0.3) is 0 Å². The predicted octanol–water partition coefficient (Wildman–Crippen LogP) is 3.93. The van der Waals surface area contributed by atoms with Crippen LogP contribution < -0.4 is 0 Å². The van der Waals surface area contributed by atoms with Gasteiger partial charge < -0.3 is 15.1 Å². The summed E-state index contributed by atoms with van der Waals surface area (Å²) in [5.41, 5.74) is 1.62. The van der Waals surface area contributed by atoms with E-state index in [9.17, 15) is 9.90 Å². The van der Waals surface area contributed by atoms with E-state index in [4.69, 9.17) is 9.94 Å². The van der Waals surface area contributed by atoms with Crippen LogP contribution in [0.3, 0.4) is 0 Å². The van der Waals surface area contributed by atoms with Gasteiger partial charge in [0, 0.05) is 5.41 Å². The number of nitrogens with zero attached hydrogens (tertiary/aromatic N) is 1. The summed E-state index contributed by atoms with van der Waals surface area (Å²) in [4.78, 5) is 15.5. The summed E-state index contributed by atoms with van der Waals surface area (Å²) in [6, 6.07) is 0. The maximum absolute atomic E-state index is 11.0. The van der Waals surface area contributed by atoms with E-state index in [2.05, 4.69) is 31.2 Å². The summed E-state index contributed by atoms with van der Waals surface area (Å²) in [6.45, 7) is 6.29. The number of hydrogen-bond acceptors (Lipinski definition) is 4. The molecule has 2 N–H and O–H groups in total. The number of carbonyl (C=O) groups is 1. The van der Waals surface area contributed by atoms with E-state index in [-0.39, 0.29) is 10.8 Å². The molecule has 4 aliphatic rings. The molecule has 0 amide bonds. The molecule has 0 heterocycles. The van der Waals surface area contributed by atoms with Gasteiger partial charge in [0.25, 0.3) is 0 Å². The van der Waals surface area contributed by atoms with Gasteiger partial charge >= 0.3 is 5.97 Å². The Bertz CT molecular complexity index is 737. The lowest BCUT2D eigenvalue weighted by molar-refractivity contribution is -0.142. The number of fused-ring (bicyclic) bond motifs is 5. The summed E-state index contributed by atoms with van der Waals surface area (Å²) < 4.78 is 0. The van der Waals surface area contributed by atoms with Crippen molar-refractivity contribution < 1.29 is 19.8 Å². The molecule has 0 unspecified atom stereocenters. The van der Waals surface area contributed by atoms with Crippen LogP contribution in [0, 0.1) is 28.6 Å². The van der Waals surface area contributed by atoms with Crippen LogP contribution in [0.5, 0.6) is 0 Å². The zero-order valence-corrected chi connectivity index (χ0v) is 16.6. The quantitative estimate of drug-likeness (QED) is 0.735. The fourth-order valence-electron chi connectivity index (χ4n) is 6.67. The molecule has 0 aromatic rings. The second-order valence-electron chi connectivity index (χ2n) is 9.65. The van der Waals surface area contributed by atoms with Gasteiger partial charge in [-0.2, -0.15) is 0 Å². The minimum atomic E-state index is -1.02. The van der Waals surface area contributed by atoms with Crippen LogP contribution in [0.2, 0.25) is 0 Å². The molecule has 4 aliphatic carbocycles. The number of aliphatic carboxylic acids is 1. The highest BCUT2D eigenvalue weighted by molar-refractivity contribution is 6.05. The van der Waals surface area contributed by atoms with Crippen molar-refractivity contribution in [3.8, 4) is 0 Å². The van der Waals surface area contributed by atoms with Gasteiger partial charge in [-0.3, -0.25) is 0 Å². The topological polar surface area (TPSA) is 79.1 Å². The average Bonchev–Trinajstić information content (AvgIpc) is 2.84. The van der Waals surface area contributed by atoms with Crippen molar-refractivity contribution >= 4 is 11.7 Å². The molecule has 0 bridgehead atoms. The first kappa shape index (κ1) is 18.7. The van der Waals surface area contributed by atoms with Gasteiger partial charge in [0.05, 0.1) is 5.60 Å². The van der Waals surface area contributed by atoms with E-state index in [1.807, 2.05) is 13.0 Å². The maximum Gasteiger partial charge on any atom is 0.344 e. The van der Waals surface area contributed by atoms with Gasteiger partial charge in [-0.1, -0.05) is 30.7 Å². The molecule has 0 aromatic carbocycles. The highest BCUT2D eigenvalue weighted by Gasteiger charge is 2.61. The van der Waals surface area contributed by atoms with Gasteiger partial charge in [-0.25, -0.2) is 4.79 Å². The molecule has 0 aliphatic heterocycles. The summed E-state index contributed by atoms with van der Waals surface area (Å²) in [6.07, 6.45) is 12.8. The van der Waals surface area contributed by atoms with Crippen LogP contribution in [0.15, 0.2) is 29.0 Å². The molecule has 0 saturated heterocycles. The number of carboxylic acids is 1. The Labute approximate surface area is 161 Å². The zero-order chi connectivity index (χ0) is 19.4. The molecule has 27 heavy (non-hydrogen) atoms. The van der Waals surface area contributed by atoms with Crippen molar-refractivity contribution in [3.05, 3.63) is 23.8 Å². The number of oxime groups is 1. The fourth-order valence-corrected chi connectivity index (χ4v) is 6.67. The Morgan fingerprint density at radius 1 is 1.22 bits per heavy atom. The minimum Gasteiger partial charge on any atom is -0.479 e. The largest absolute Gasteiger partial charge is 0.479 e. The fraction of sp³-hybridized carbons (Fsp3) is 0.727. The lowest BCUT2D eigenvalue weighted by atomic mass is 9.47. The Morgan fingerprint density at radius 3 is 2.70 bits per heavy atom. The molecular weight excluding hydrogens is 342 g/mol. The third kappa shape index (κ3) is 2.77. The summed E-state index contributed by atoms with van der Waals surface area (Å²) in [7, 11) is 0. The van der Waals surface area contributed by atoms with Crippen LogP contribution in [0.4, 0.5) is 0 Å². The molecular formula is C22H31NO4. The molecule has 0 spiro atoms. The first-order valence-corrected chi connectivity index (χ1v) is 10.2. The lowest BCUT2D eigenvalue weighted by Crippen LogP contribution is -2.53. The number of allylic oxidation sites excluding steroid dienone is 4. The van der Waals surface area contributed by atoms with Gasteiger partial charge in [-0.05, 0) is 80.8 Å². The Kier molecular flexibility index (Phi) is 4.30. The van der Waals surface area contributed by atoms with Crippen molar-refractivity contribution in [3.63, 3.8) is 0 Å². The molecule has 6 atom stereocenters. The van der Waals surface area contributed by atoms with Gasteiger partial charge in [-0.15, -0.1) is 0 Å². The summed E-state index contributed by atoms with van der Waals surface area (Å²) >= 11 is 0. The Morgan fingerprint density at radius 2 is 1.96 bits per heavy atom. The van der Waals surface area contributed by atoms with E-state index < -0.39 is 18.2 Å². The normalized spacial score (nSPS) is 47.0. The first-order valence-electron chi connectivity index (χ1n) is 10.2. The molecule has 0 radical (unpaired) electrons. The second-order valence-corrected chi connectivity index (χ2v) is 9.65. The second kappa shape index (κ2) is 6.20. The highest BCUT2D eigenvalue weighted by atomic mass is 16.6. The van der Waals surface area contributed by atoms with Crippen molar-refractivity contribution in [2.75, 3.05) is 6.61 Å². The molecule has 3 saturated carbocycles. The van der Waals surface area contributed by atoms with Gasteiger partial charge in [0.1, 0.15) is 5.71 Å². The highest BCUT2D eigenvalue weighted by Crippen LogP contribution is 2.66. The van der Waals surface area contributed by atoms with Crippen molar-refractivity contribution in [1.82, 2.24) is 0 Å².